The van der Waals surface area contributed by atoms with Crippen molar-refractivity contribution in [2.45, 2.75) is 5.92 Å². The van der Waals surface area contributed by atoms with Gasteiger partial charge in [-0.15, -0.1) is 0 Å². The van der Waals surface area contributed by atoms with E-state index in [2.05, 4.69) is 175 Å². The fourth-order valence-electron chi connectivity index (χ4n) is 8.61. The summed E-state index contributed by atoms with van der Waals surface area (Å²) in [6.07, 6.45) is 11.5. The minimum Gasteiger partial charge on any atom is -0.456 e. The summed E-state index contributed by atoms with van der Waals surface area (Å²) in [4.78, 5) is 2.40. The normalized spacial score (nSPS) is 16.3. The van der Waals surface area contributed by atoms with Crippen LogP contribution in [0.4, 0.5) is 17.1 Å². The van der Waals surface area contributed by atoms with Crippen LogP contribution in [0.1, 0.15) is 22.6 Å². The molecule has 0 saturated carbocycles. The minimum atomic E-state index is 0.261. The van der Waals surface area contributed by atoms with E-state index in [1.54, 1.807) is 0 Å². The molecule has 2 aromatic heterocycles. The van der Waals surface area contributed by atoms with E-state index in [4.69, 9.17) is 8.83 Å². The summed E-state index contributed by atoms with van der Waals surface area (Å²) in [5, 5.41) is 4.44. The summed E-state index contributed by atoms with van der Waals surface area (Å²) >= 11 is 0. The van der Waals surface area contributed by atoms with Crippen molar-refractivity contribution in [3.8, 4) is 11.1 Å². The largest absolute Gasteiger partial charge is 0.456 e. The molecular formula is C50H33NO2. The molecule has 2 aliphatic rings. The fourth-order valence-corrected chi connectivity index (χ4v) is 8.61. The smallest absolute Gasteiger partial charge is 0.137 e. The van der Waals surface area contributed by atoms with E-state index in [9.17, 15) is 0 Å². The molecule has 2 aliphatic carbocycles. The summed E-state index contributed by atoms with van der Waals surface area (Å²) in [5.74, 6) is 0.570. The maximum atomic E-state index is 6.43. The second-order valence-electron chi connectivity index (χ2n) is 14.0. The van der Waals surface area contributed by atoms with E-state index in [1.807, 2.05) is 18.2 Å². The molecule has 3 nitrogen and oxygen atoms in total. The zero-order chi connectivity index (χ0) is 34.9. The first-order valence-electron chi connectivity index (χ1n) is 18.2. The maximum Gasteiger partial charge on any atom is 0.137 e. The molecule has 2 atom stereocenters. The Morgan fingerprint density at radius 3 is 1.92 bits per heavy atom. The van der Waals surface area contributed by atoms with E-state index in [0.29, 0.717) is 5.92 Å². The predicted molar refractivity (Wildman–Crippen MR) is 220 cm³/mol. The molecule has 2 heterocycles. The zero-order valence-electron chi connectivity index (χ0n) is 28.8. The Morgan fingerprint density at radius 2 is 1.06 bits per heavy atom. The van der Waals surface area contributed by atoms with Crippen molar-refractivity contribution in [2.75, 3.05) is 4.90 Å². The standard InChI is InChI=1S/C50H33NO2/c1-2-17-38-35(12-1)31-43(40-19-4-3-18-39(38)40)34-14-10-16-37(29-34)51(45-22-11-25-49-50(45)42-21-6-8-24-47(42)53-49)36-15-9-13-32(28-36)33-26-27-48-44(30-33)41-20-5-7-23-46(41)52-48/h1-31,39-40H. The van der Waals surface area contributed by atoms with Crippen molar-refractivity contribution in [2.24, 2.45) is 5.92 Å². The highest BCUT2D eigenvalue weighted by molar-refractivity contribution is 6.13. The van der Waals surface area contributed by atoms with Gasteiger partial charge >= 0.3 is 0 Å². The Labute approximate surface area is 307 Å². The van der Waals surface area contributed by atoms with Gasteiger partial charge in [0.15, 0.2) is 0 Å². The van der Waals surface area contributed by atoms with Gasteiger partial charge in [-0.25, -0.2) is 0 Å². The number of allylic oxidation sites excluding steroid dienone is 5. The van der Waals surface area contributed by atoms with Crippen LogP contribution in [0.25, 0.3) is 66.7 Å². The highest BCUT2D eigenvalue weighted by atomic mass is 16.3. The number of nitrogens with zero attached hydrogens (tertiary/aromatic N) is 1. The van der Waals surface area contributed by atoms with Crippen LogP contribution in [0.3, 0.4) is 0 Å². The molecular weight excluding hydrogens is 647 g/mol. The third kappa shape index (κ3) is 4.82. The first-order chi connectivity index (χ1) is 26.3. The van der Waals surface area contributed by atoms with Gasteiger partial charge < -0.3 is 13.7 Å². The van der Waals surface area contributed by atoms with Gasteiger partial charge in [0.25, 0.3) is 0 Å². The summed E-state index contributed by atoms with van der Waals surface area (Å²) in [6, 6.07) is 56.2. The van der Waals surface area contributed by atoms with Gasteiger partial charge in [-0.1, -0.05) is 127 Å². The molecule has 2 unspecified atom stereocenters. The summed E-state index contributed by atoms with van der Waals surface area (Å²) in [7, 11) is 0. The molecule has 0 bridgehead atoms. The van der Waals surface area contributed by atoms with Crippen LogP contribution in [-0.4, -0.2) is 0 Å². The van der Waals surface area contributed by atoms with Gasteiger partial charge in [-0.2, -0.15) is 0 Å². The molecule has 3 heteroatoms. The molecule has 0 fully saturated rings. The van der Waals surface area contributed by atoms with Gasteiger partial charge in [0.1, 0.15) is 22.3 Å². The number of hydrogen-bond donors (Lipinski definition) is 0. The van der Waals surface area contributed by atoms with Crippen LogP contribution in [-0.2, 0) is 0 Å². The molecule has 7 aromatic carbocycles. The molecule has 9 aromatic rings. The highest BCUT2D eigenvalue weighted by Gasteiger charge is 2.30. The van der Waals surface area contributed by atoms with Gasteiger partial charge in [0, 0.05) is 39.4 Å². The third-order valence-corrected chi connectivity index (χ3v) is 11.0. The van der Waals surface area contributed by atoms with E-state index >= 15 is 0 Å². The maximum absolute atomic E-state index is 6.43. The molecule has 0 N–H and O–H groups in total. The van der Waals surface area contributed by atoms with Crippen molar-refractivity contribution >= 4 is 72.6 Å². The Morgan fingerprint density at radius 1 is 0.434 bits per heavy atom. The second-order valence-corrected chi connectivity index (χ2v) is 14.0. The number of hydrogen-bond acceptors (Lipinski definition) is 3. The van der Waals surface area contributed by atoms with Crippen molar-refractivity contribution in [3.05, 3.63) is 199 Å². The van der Waals surface area contributed by atoms with E-state index in [-0.39, 0.29) is 5.92 Å². The Hall–Kier alpha value is -6.84. The lowest BCUT2D eigenvalue weighted by Gasteiger charge is -2.33. The van der Waals surface area contributed by atoms with Crippen molar-refractivity contribution in [3.63, 3.8) is 0 Å². The molecule has 0 spiro atoms. The first-order valence-corrected chi connectivity index (χ1v) is 18.2. The van der Waals surface area contributed by atoms with Gasteiger partial charge in [-0.05, 0) is 94.1 Å². The van der Waals surface area contributed by atoms with E-state index in [0.717, 1.165) is 72.1 Å². The molecule has 0 aliphatic heterocycles. The topological polar surface area (TPSA) is 29.5 Å². The van der Waals surface area contributed by atoms with Crippen LogP contribution >= 0.6 is 0 Å². The van der Waals surface area contributed by atoms with E-state index in [1.165, 1.54) is 22.3 Å². The molecule has 250 valence electrons. The molecule has 0 radical (unpaired) electrons. The van der Waals surface area contributed by atoms with Crippen molar-refractivity contribution in [1.82, 2.24) is 0 Å². The number of anilines is 3. The minimum absolute atomic E-state index is 0.261. The predicted octanol–water partition coefficient (Wildman–Crippen LogP) is 14.0. The lowest BCUT2D eigenvalue weighted by atomic mass is 9.71. The number of fused-ring (bicyclic) bond motifs is 9. The number of benzene rings is 7. The number of para-hydroxylation sites is 2. The second kappa shape index (κ2) is 11.9. The third-order valence-electron chi connectivity index (χ3n) is 11.0. The Bertz CT molecular complexity index is 2990. The number of furan rings is 2. The Kier molecular flexibility index (Phi) is 6.68. The Balaban J connectivity index is 1.11. The van der Waals surface area contributed by atoms with Gasteiger partial charge in [0.2, 0.25) is 0 Å². The molecule has 11 rings (SSSR count). The molecule has 53 heavy (non-hydrogen) atoms. The van der Waals surface area contributed by atoms with Crippen LogP contribution in [0, 0.1) is 5.92 Å². The monoisotopic (exact) mass is 679 g/mol. The lowest BCUT2D eigenvalue weighted by Crippen LogP contribution is -2.18. The van der Waals surface area contributed by atoms with Crippen molar-refractivity contribution < 1.29 is 8.83 Å². The quantitative estimate of drug-likeness (QED) is 0.181. The van der Waals surface area contributed by atoms with Crippen LogP contribution < -0.4 is 4.90 Å². The first kappa shape index (κ1) is 29.8. The SMILES string of the molecule is C1=CC2C(c3cccc(N(c4cccc(-c5ccc6oc7ccccc7c6c5)c4)c4cccc5oc6ccccc6c45)c3)=Cc3ccccc3C2C=C1. The molecule has 0 saturated heterocycles. The summed E-state index contributed by atoms with van der Waals surface area (Å²) < 4.78 is 12.6. The van der Waals surface area contributed by atoms with Crippen LogP contribution in [0.2, 0.25) is 0 Å². The average Bonchev–Trinajstić information content (AvgIpc) is 3.79. The van der Waals surface area contributed by atoms with Gasteiger partial charge in [-0.3, -0.25) is 0 Å². The molecule has 0 amide bonds. The number of rotatable bonds is 5. The average molecular weight is 680 g/mol. The summed E-state index contributed by atoms with van der Waals surface area (Å²) in [5.41, 5.74) is 14.3. The lowest BCUT2D eigenvalue weighted by molar-refractivity contribution is 0.668. The van der Waals surface area contributed by atoms with E-state index < -0.39 is 0 Å². The van der Waals surface area contributed by atoms with Crippen LogP contribution in [0.5, 0.6) is 0 Å². The summed E-state index contributed by atoms with van der Waals surface area (Å²) in [6.45, 7) is 0. The fraction of sp³-hybridized carbons (Fsp3) is 0.0400. The van der Waals surface area contributed by atoms with Crippen LogP contribution in [0.15, 0.2) is 191 Å². The van der Waals surface area contributed by atoms with Gasteiger partial charge in [0.05, 0.1) is 11.1 Å². The highest BCUT2D eigenvalue weighted by Crippen LogP contribution is 2.48. The zero-order valence-corrected chi connectivity index (χ0v) is 28.8. The van der Waals surface area contributed by atoms with Crippen molar-refractivity contribution in [1.29, 1.82) is 0 Å².